The molecule has 0 amide bonds. The number of benzene rings is 3. The fourth-order valence-corrected chi connectivity index (χ4v) is 3.95. The Kier molecular flexibility index (Phi) is 5.30. The van der Waals surface area contributed by atoms with Crippen molar-refractivity contribution < 1.29 is 9.47 Å². The molecular weight excluding hydrogens is 356 g/mol. The Bertz CT molecular complexity index is 890. The highest BCUT2D eigenvalue weighted by molar-refractivity contribution is 8.14. The van der Waals surface area contributed by atoms with Gasteiger partial charge in [0.1, 0.15) is 13.2 Å². The maximum atomic E-state index is 6.30. The summed E-state index contributed by atoms with van der Waals surface area (Å²) in [6.07, 6.45) is 0. The maximum Gasteiger partial charge on any atom is 0.163 e. The molecule has 3 aromatic rings. The third-order valence-corrected chi connectivity index (χ3v) is 5.32. The van der Waals surface area contributed by atoms with Crippen molar-refractivity contribution in [1.29, 1.82) is 0 Å². The van der Waals surface area contributed by atoms with E-state index >= 15 is 0 Å². The van der Waals surface area contributed by atoms with Gasteiger partial charge in [0.25, 0.3) is 0 Å². The van der Waals surface area contributed by atoms with E-state index in [9.17, 15) is 0 Å². The Hall–Kier alpha value is -2.92. The molecule has 1 heterocycles. The minimum Gasteiger partial charge on any atom is -0.486 e. The summed E-state index contributed by atoms with van der Waals surface area (Å²) in [7, 11) is 0. The fourth-order valence-electron chi connectivity index (χ4n) is 2.96. The minimum absolute atomic E-state index is 0.0772. The van der Waals surface area contributed by atoms with E-state index in [0.29, 0.717) is 24.1 Å². The number of nitrogens with two attached hydrogens (primary N) is 1. The standard InChI is InChI=1S/C22H20N2O2S/c23-22(24-18-11-12-19-20(15-18)26-14-13-25-19)27-21(16-7-3-1-4-8-16)17-9-5-2-6-10-17/h1-12,15,21H,13-14H2,(H2,23,24). The lowest BCUT2D eigenvalue weighted by atomic mass is 10.0. The van der Waals surface area contributed by atoms with E-state index in [-0.39, 0.29) is 5.25 Å². The molecule has 1 aliphatic rings. The lowest BCUT2D eigenvalue weighted by Gasteiger charge is -2.19. The van der Waals surface area contributed by atoms with Gasteiger partial charge in [-0.25, -0.2) is 4.99 Å². The number of hydrogen-bond donors (Lipinski definition) is 1. The third kappa shape index (κ3) is 4.26. The van der Waals surface area contributed by atoms with Crippen LogP contribution in [-0.4, -0.2) is 18.4 Å². The van der Waals surface area contributed by atoms with Gasteiger partial charge < -0.3 is 15.2 Å². The van der Waals surface area contributed by atoms with Gasteiger partial charge in [0.15, 0.2) is 16.7 Å². The lowest BCUT2D eigenvalue weighted by Crippen LogP contribution is -2.15. The highest BCUT2D eigenvalue weighted by Crippen LogP contribution is 2.37. The lowest BCUT2D eigenvalue weighted by molar-refractivity contribution is 0.171. The summed E-state index contributed by atoms with van der Waals surface area (Å²) < 4.78 is 11.2. The zero-order valence-electron chi connectivity index (χ0n) is 14.7. The van der Waals surface area contributed by atoms with E-state index in [0.717, 1.165) is 11.4 Å². The van der Waals surface area contributed by atoms with Crippen molar-refractivity contribution in [3.05, 3.63) is 90.0 Å². The number of aliphatic imine (C=N–C) groups is 1. The Morgan fingerprint density at radius 3 is 2.04 bits per heavy atom. The van der Waals surface area contributed by atoms with Gasteiger partial charge in [0.05, 0.1) is 10.9 Å². The summed E-state index contributed by atoms with van der Waals surface area (Å²) in [4.78, 5) is 4.58. The quantitative estimate of drug-likeness (QED) is 0.518. The molecule has 0 saturated heterocycles. The molecule has 0 fully saturated rings. The topological polar surface area (TPSA) is 56.8 Å². The van der Waals surface area contributed by atoms with Gasteiger partial charge in [-0.1, -0.05) is 72.4 Å². The third-order valence-electron chi connectivity index (χ3n) is 4.21. The number of nitrogens with zero attached hydrogens (tertiary/aromatic N) is 1. The van der Waals surface area contributed by atoms with Gasteiger partial charge >= 0.3 is 0 Å². The molecule has 0 atom stereocenters. The molecule has 4 nitrogen and oxygen atoms in total. The van der Waals surface area contributed by atoms with E-state index in [2.05, 4.69) is 29.3 Å². The Morgan fingerprint density at radius 2 is 1.41 bits per heavy atom. The number of hydrogen-bond acceptors (Lipinski definition) is 4. The average molecular weight is 376 g/mol. The molecule has 1 aliphatic heterocycles. The predicted octanol–water partition coefficient (Wildman–Crippen LogP) is 4.93. The summed E-state index contributed by atoms with van der Waals surface area (Å²) in [5.74, 6) is 1.46. The average Bonchev–Trinajstić information content (AvgIpc) is 2.73. The second-order valence-electron chi connectivity index (χ2n) is 6.10. The van der Waals surface area contributed by atoms with Crippen molar-refractivity contribution in [2.24, 2.45) is 10.7 Å². The van der Waals surface area contributed by atoms with Crippen LogP contribution in [0.1, 0.15) is 16.4 Å². The normalized spacial score (nSPS) is 13.6. The second kappa shape index (κ2) is 8.18. The number of amidine groups is 1. The van der Waals surface area contributed by atoms with E-state index < -0.39 is 0 Å². The summed E-state index contributed by atoms with van der Waals surface area (Å²) >= 11 is 1.54. The van der Waals surface area contributed by atoms with Gasteiger partial charge in [0, 0.05) is 6.07 Å². The van der Waals surface area contributed by atoms with Crippen LogP contribution in [0.2, 0.25) is 0 Å². The van der Waals surface area contributed by atoms with Crippen molar-refractivity contribution >= 4 is 22.6 Å². The molecule has 0 aromatic heterocycles. The van der Waals surface area contributed by atoms with Gasteiger partial charge in [-0.2, -0.15) is 0 Å². The number of rotatable bonds is 4. The van der Waals surface area contributed by atoms with Crippen molar-refractivity contribution in [2.45, 2.75) is 5.25 Å². The largest absolute Gasteiger partial charge is 0.486 e. The molecule has 0 aliphatic carbocycles. The first-order valence-electron chi connectivity index (χ1n) is 8.80. The van der Waals surface area contributed by atoms with Gasteiger partial charge in [-0.05, 0) is 23.3 Å². The first kappa shape index (κ1) is 17.5. The smallest absolute Gasteiger partial charge is 0.163 e. The highest BCUT2D eigenvalue weighted by Gasteiger charge is 2.17. The zero-order valence-corrected chi connectivity index (χ0v) is 15.6. The number of thioether (sulfide) groups is 1. The Morgan fingerprint density at radius 1 is 0.815 bits per heavy atom. The molecule has 0 unspecified atom stereocenters. The van der Waals surface area contributed by atoms with Crippen molar-refractivity contribution in [2.75, 3.05) is 13.2 Å². The maximum absolute atomic E-state index is 6.30. The summed E-state index contributed by atoms with van der Waals surface area (Å²) in [5.41, 5.74) is 9.43. The first-order chi connectivity index (χ1) is 13.3. The van der Waals surface area contributed by atoms with E-state index in [1.54, 1.807) is 0 Å². The number of ether oxygens (including phenoxy) is 2. The molecule has 3 aromatic carbocycles. The van der Waals surface area contributed by atoms with Crippen LogP contribution in [0.3, 0.4) is 0 Å². The van der Waals surface area contributed by atoms with Crippen molar-refractivity contribution in [3.63, 3.8) is 0 Å². The summed E-state index contributed by atoms with van der Waals surface area (Å²) in [6.45, 7) is 1.12. The molecule has 4 rings (SSSR count). The van der Waals surface area contributed by atoms with Crippen LogP contribution < -0.4 is 15.2 Å². The molecule has 5 heteroatoms. The fraction of sp³-hybridized carbons (Fsp3) is 0.136. The highest BCUT2D eigenvalue weighted by atomic mass is 32.2. The van der Waals surface area contributed by atoms with Crippen LogP contribution >= 0.6 is 11.8 Å². The molecule has 0 radical (unpaired) electrons. The van der Waals surface area contributed by atoms with E-state index in [1.165, 1.54) is 22.9 Å². The monoisotopic (exact) mass is 376 g/mol. The zero-order chi connectivity index (χ0) is 18.5. The molecule has 0 bridgehead atoms. The molecule has 136 valence electrons. The Balaban J connectivity index is 1.60. The van der Waals surface area contributed by atoms with Crippen LogP contribution in [0.4, 0.5) is 5.69 Å². The van der Waals surface area contributed by atoms with Crippen LogP contribution in [0, 0.1) is 0 Å². The molecule has 27 heavy (non-hydrogen) atoms. The van der Waals surface area contributed by atoms with Crippen LogP contribution in [0.15, 0.2) is 83.9 Å². The Labute approximate surface area is 163 Å². The minimum atomic E-state index is 0.0772. The van der Waals surface area contributed by atoms with Gasteiger partial charge in [-0.15, -0.1) is 0 Å². The molecular formula is C22H20N2O2S. The van der Waals surface area contributed by atoms with Crippen LogP contribution in [0.5, 0.6) is 11.5 Å². The second-order valence-corrected chi connectivity index (χ2v) is 7.22. The first-order valence-corrected chi connectivity index (χ1v) is 9.68. The molecule has 0 spiro atoms. The summed E-state index contributed by atoms with van der Waals surface area (Å²) in [5, 5.41) is 0.581. The SMILES string of the molecule is NC(=Nc1ccc2c(c1)OCCO2)SC(c1ccccc1)c1ccccc1. The van der Waals surface area contributed by atoms with Crippen LogP contribution in [0.25, 0.3) is 0 Å². The van der Waals surface area contributed by atoms with Crippen molar-refractivity contribution in [3.8, 4) is 11.5 Å². The molecule has 2 N–H and O–H groups in total. The predicted molar refractivity (Wildman–Crippen MR) is 111 cm³/mol. The van der Waals surface area contributed by atoms with Crippen molar-refractivity contribution in [1.82, 2.24) is 0 Å². The number of fused-ring (bicyclic) bond motifs is 1. The van der Waals surface area contributed by atoms with E-state index in [1.807, 2.05) is 54.6 Å². The van der Waals surface area contributed by atoms with Gasteiger partial charge in [-0.3, -0.25) is 0 Å². The summed E-state index contributed by atoms with van der Waals surface area (Å²) in [6, 6.07) is 26.3. The van der Waals surface area contributed by atoms with E-state index in [4.69, 9.17) is 15.2 Å². The molecule has 0 saturated carbocycles. The van der Waals surface area contributed by atoms with Gasteiger partial charge in [0.2, 0.25) is 0 Å². The van der Waals surface area contributed by atoms with Crippen LogP contribution in [-0.2, 0) is 0 Å².